The van der Waals surface area contributed by atoms with Crippen molar-refractivity contribution in [1.29, 1.82) is 0 Å². The number of hydrogen-bond donors (Lipinski definition) is 1. The maximum atomic E-state index is 13.5. The Morgan fingerprint density at radius 3 is 2.63 bits per heavy atom. The van der Waals surface area contributed by atoms with E-state index in [0.29, 0.717) is 12.5 Å². The van der Waals surface area contributed by atoms with Crippen LogP contribution >= 0.6 is 0 Å². The normalized spacial score (nSPS) is 14.2. The van der Waals surface area contributed by atoms with Gasteiger partial charge in [-0.15, -0.1) is 0 Å². The molecular formula is C15H23F2NO. The first-order valence-electron chi connectivity index (χ1n) is 6.90. The SMILES string of the molecule is CCCNC(COc1cccc(F)c1F)C(C)CC. The summed E-state index contributed by atoms with van der Waals surface area (Å²) in [4.78, 5) is 0. The van der Waals surface area contributed by atoms with Crippen LogP contribution in [0.1, 0.15) is 33.6 Å². The molecule has 0 aliphatic carbocycles. The van der Waals surface area contributed by atoms with Crippen LogP contribution in [0.25, 0.3) is 0 Å². The van der Waals surface area contributed by atoms with E-state index >= 15 is 0 Å². The molecule has 0 fully saturated rings. The fourth-order valence-corrected chi connectivity index (χ4v) is 1.81. The van der Waals surface area contributed by atoms with E-state index in [9.17, 15) is 8.78 Å². The second-order valence-corrected chi connectivity index (χ2v) is 4.81. The van der Waals surface area contributed by atoms with Crippen LogP contribution in [0.3, 0.4) is 0 Å². The lowest BCUT2D eigenvalue weighted by Gasteiger charge is -2.24. The van der Waals surface area contributed by atoms with Crippen molar-refractivity contribution in [3.8, 4) is 5.75 Å². The van der Waals surface area contributed by atoms with Gasteiger partial charge in [-0.3, -0.25) is 0 Å². The lowest BCUT2D eigenvalue weighted by atomic mass is 10.00. The van der Waals surface area contributed by atoms with Crippen molar-refractivity contribution >= 4 is 0 Å². The average Bonchev–Trinajstić information content (AvgIpc) is 2.42. The molecule has 2 nitrogen and oxygen atoms in total. The van der Waals surface area contributed by atoms with E-state index in [1.165, 1.54) is 12.1 Å². The third kappa shape index (κ3) is 4.78. The molecule has 108 valence electrons. The van der Waals surface area contributed by atoms with Gasteiger partial charge in [0.05, 0.1) is 0 Å². The summed E-state index contributed by atoms with van der Waals surface area (Å²) in [5, 5.41) is 3.38. The van der Waals surface area contributed by atoms with E-state index in [4.69, 9.17) is 4.74 Å². The zero-order valence-electron chi connectivity index (χ0n) is 11.9. The number of benzene rings is 1. The summed E-state index contributed by atoms with van der Waals surface area (Å²) in [6, 6.07) is 4.13. The van der Waals surface area contributed by atoms with Crippen LogP contribution in [0.2, 0.25) is 0 Å². The highest BCUT2D eigenvalue weighted by Crippen LogP contribution is 2.20. The molecule has 0 spiro atoms. The molecule has 1 N–H and O–H groups in total. The maximum absolute atomic E-state index is 13.5. The zero-order chi connectivity index (χ0) is 14.3. The van der Waals surface area contributed by atoms with Crippen molar-refractivity contribution in [2.75, 3.05) is 13.2 Å². The molecular weight excluding hydrogens is 248 g/mol. The van der Waals surface area contributed by atoms with Gasteiger partial charge in [0.25, 0.3) is 0 Å². The minimum atomic E-state index is -0.916. The highest BCUT2D eigenvalue weighted by atomic mass is 19.2. The van der Waals surface area contributed by atoms with Crippen molar-refractivity contribution in [2.45, 2.75) is 39.7 Å². The highest BCUT2D eigenvalue weighted by Gasteiger charge is 2.17. The van der Waals surface area contributed by atoms with Gasteiger partial charge in [-0.1, -0.05) is 33.3 Å². The first-order chi connectivity index (χ1) is 9.10. The molecule has 0 saturated heterocycles. The van der Waals surface area contributed by atoms with Crippen molar-refractivity contribution < 1.29 is 13.5 Å². The molecule has 1 aromatic rings. The third-order valence-corrected chi connectivity index (χ3v) is 3.32. The highest BCUT2D eigenvalue weighted by molar-refractivity contribution is 5.25. The van der Waals surface area contributed by atoms with Crippen LogP contribution in [-0.2, 0) is 0 Å². The van der Waals surface area contributed by atoms with Gasteiger partial charge in [-0.05, 0) is 31.0 Å². The van der Waals surface area contributed by atoms with Crippen molar-refractivity contribution in [1.82, 2.24) is 5.32 Å². The summed E-state index contributed by atoms with van der Waals surface area (Å²) < 4.78 is 31.9. The monoisotopic (exact) mass is 271 g/mol. The molecule has 0 saturated carbocycles. The first kappa shape index (κ1) is 15.9. The molecule has 4 heteroatoms. The fourth-order valence-electron chi connectivity index (χ4n) is 1.81. The first-order valence-corrected chi connectivity index (χ1v) is 6.90. The predicted octanol–water partition coefficient (Wildman–Crippen LogP) is 3.76. The van der Waals surface area contributed by atoms with E-state index in [1.807, 2.05) is 0 Å². The van der Waals surface area contributed by atoms with Crippen LogP contribution in [0, 0.1) is 17.6 Å². The minimum absolute atomic E-state index is 0.0217. The quantitative estimate of drug-likeness (QED) is 0.777. The molecule has 19 heavy (non-hydrogen) atoms. The second kappa shape index (κ2) is 8.10. The molecule has 0 aromatic heterocycles. The Bertz CT molecular complexity index is 384. The summed E-state index contributed by atoms with van der Waals surface area (Å²) >= 11 is 0. The molecule has 2 atom stereocenters. The standard InChI is InChI=1S/C15H23F2NO/c1-4-9-18-13(11(3)5-2)10-19-14-8-6-7-12(16)15(14)17/h6-8,11,13,18H,4-5,9-10H2,1-3H3. The van der Waals surface area contributed by atoms with E-state index < -0.39 is 11.6 Å². The number of ether oxygens (including phenoxy) is 1. The van der Waals surface area contributed by atoms with Gasteiger partial charge in [-0.2, -0.15) is 4.39 Å². The van der Waals surface area contributed by atoms with Crippen LogP contribution < -0.4 is 10.1 Å². The van der Waals surface area contributed by atoms with Crippen molar-refractivity contribution in [2.24, 2.45) is 5.92 Å². The van der Waals surface area contributed by atoms with Crippen molar-refractivity contribution in [3.05, 3.63) is 29.8 Å². The number of hydrogen-bond acceptors (Lipinski definition) is 2. The van der Waals surface area contributed by atoms with Gasteiger partial charge in [-0.25, -0.2) is 4.39 Å². The molecule has 0 radical (unpaired) electrons. The average molecular weight is 271 g/mol. The topological polar surface area (TPSA) is 21.3 Å². The zero-order valence-corrected chi connectivity index (χ0v) is 11.9. The Hall–Kier alpha value is -1.16. The third-order valence-electron chi connectivity index (χ3n) is 3.32. The molecule has 2 unspecified atom stereocenters. The van der Waals surface area contributed by atoms with E-state index in [-0.39, 0.29) is 11.8 Å². The van der Waals surface area contributed by atoms with Gasteiger partial charge >= 0.3 is 0 Å². The van der Waals surface area contributed by atoms with Gasteiger partial charge in [0.1, 0.15) is 6.61 Å². The Morgan fingerprint density at radius 2 is 2.00 bits per heavy atom. The second-order valence-electron chi connectivity index (χ2n) is 4.81. The minimum Gasteiger partial charge on any atom is -0.489 e. The van der Waals surface area contributed by atoms with Gasteiger partial charge in [0, 0.05) is 6.04 Å². The number of rotatable bonds is 8. The van der Waals surface area contributed by atoms with Crippen molar-refractivity contribution in [3.63, 3.8) is 0 Å². The Labute approximate surface area is 114 Å². The van der Waals surface area contributed by atoms with E-state index in [1.54, 1.807) is 0 Å². The maximum Gasteiger partial charge on any atom is 0.200 e. The molecule has 0 aliphatic heterocycles. The van der Waals surface area contributed by atoms with Gasteiger partial charge in [0.2, 0.25) is 5.82 Å². The largest absolute Gasteiger partial charge is 0.489 e. The van der Waals surface area contributed by atoms with Gasteiger partial charge in [0.15, 0.2) is 11.6 Å². The van der Waals surface area contributed by atoms with E-state index in [2.05, 4.69) is 26.1 Å². The number of nitrogens with one attached hydrogen (secondary N) is 1. The van der Waals surface area contributed by atoms with Crippen LogP contribution in [-0.4, -0.2) is 19.2 Å². The molecule has 1 aromatic carbocycles. The molecule has 0 aliphatic rings. The van der Waals surface area contributed by atoms with E-state index in [0.717, 1.165) is 25.5 Å². The summed E-state index contributed by atoms with van der Waals surface area (Å²) in [5.41, 5.74) is 0. The summed E-state index contributed by atoms with van der Waals surface area (Å²) in [6.45, 7) is 7.56. The fraction of sp³-hybridized carbons (Fsp3) is 0.600. The van der Waals surface area contributed by atoms with Crippen LogP contribution in [0.4, 0.5) is 8.78 Å². The number of halogens is 2. The Balaban J connectivity index is 2.62. The smallest absolute Gasteiger partial charge is 0.200 e. The van der Waals surface area contributed by atoms with Crippen LogP contribution in [0.15, 0.2) is 18.2 Å². The molecule has 0 heterocycles. The van der Waals surface area contributed by atoms with Gasteiger partial charge < -0.3 is 10.1 Å². The Kier molecular flexibility index (Phi) is 6.78. The lowest BCUT2D eigenvalue weighted by Crippen LogP contribution is -2.40. The summed E-state index contributed by atoms with van der Waals surface area (Å²) in [5.74, 6) is -1.39. The molecule has 0 amide bonds. The predicted molar refractivity (Wildman–Crippen MR) is 73.4 cm³/mol. The molecule has 1 rings (SSSR count). The Morgan fingerprint density at radius 1 is 1.26 bits per heavy atom. The summed E-state index contributed by atoms with van der Waals surface area (Å²) in [7, 11) is 0. The summed E-state index contributed by atoms with van der Waals surface area (Å²) in [6.07, 6.45) is 2.04. The molecule has 0 bridgehead atoms. The van der Waals surface area contributed by atoms with Crippen LogP contribution in [0.5, 0.6) is 5.75 Å². The lowest BCUT2D eigenvalue weighted by molar-refractivity contribution is 0.212.